The van der Waals surface area contributed by atoms with Gasteiger partial charge in [0.1, 0.15) is 11.6 Å². The van der Waals surface area contributed by atoms with Crippen molar-refractivity contribution in [3.8, 4) is 11.4 Å². The van der Waals surface area contributed by atoms with Crippen LogP contribution in [0.2, 0.25) is 0 Å². The molecule has 0 aliphatic rings. The van der Waals surface area contributed by atoms with E-state index in [4.69, 9.17) is 4.74 Å². The summed E-state index contributed by atoms with van der Waals surface area (Å²) in [6, 6.07) is 11.8. The molecule has 0 aliphatic carbocycles. The zero-order chi connectivity index (χ0) is 15.6. The van der Waals surface area contributed by atoms with Crippen LogP contribution in [-0.2, 0) is 4.74 Å². The monoisotopic (exact) mass is 298 g/mol. The van der Waals surface area contributed by atoms with Crippen LogP contribution >= 0.6 is 0 Å². The molecule has 2 aromatic rings. The van der Waals surface area contributed by atoms with Crippen molar-refractivity contribution >= 4 is 11.6 Å². The second-order valence-corrected chi connectivity index (χ2v) is 4.77. The van der Waals surface area contributed by atoms with Gasteiger partial charge in [-0.1, -0.05) is 36.4 Å². The second kappa shape index (κ2) is 8.79. The first-order chi connectivity index (χ1) is 10.8. The highest BCUT2D eigenvalue weighted by Gasteiger charge is 2.06. The minimum absolute atomic E-state index is 0.661. The Morgan fingerprint density at radius 3 is 2.55 bits per heavy atom. The van der Waals surface area contributed by atoms with Gasteiger partial charge in [-0.25, -0.2) is 9.97 Å². The fourth-order valence-electron chi connectivity index (χ4n) is 1.95. The molecule has 116 valence electrons. The number of aromatic nitrogens is 2. The lowest BCUT2D eigenvalue weighted by molar-refractivity contribution is 0.198. The number of ether oxygens (including phenoxy) is 1. The van der Waals surface area contributed by atoms with Gasteiger partial charge in [-0.05, 0) is 6.42 Å². The Bertz CT molecular complexity index is 586. The van der Waals surface area contributed by atoms with E-state index in [9.17, 15) is 0 Å². The molecule has 2 rings (SSSR count). The first-order valence-corrected chi connectivity index (χ1v) is 7.35. The molecule has 0 spiro atoms. The topological polar surface area (TPSA) is 59.1 Å². The largest absolute Gasteiger partial charge is 0.385 e. The molecule has 2 N–H and O–H groups in total. The standard InChI is InChI=1S/C17H22N4O/c1-3-10-18-15-13-16(19-11-7-12-22-2)21-17(20-15)14-8-5-4-6-9-14/h3-6,8-9,13H,1,7,10-12H2,2H3,(H2,18,19,20,21). The average molecular weight is 298 g/mol. The van der Waals surface area contributed by atoms with Crippen LogP contribution in [0.5, 0.6) is 0 Å². The highest BCUT2D eigenvalue weighted by molar-refractivity contribution is 5.61. The summed E-state index contributed by atoms with van der Waals surface area (Å²) in [5.41, 5.74) is 0.990. The zero-order valence-corrected chi connectivity index (χ0v) is 12.9. The smallest absolute Gasteiger partial charge is 0.163 e. The minimum atomic E-state index is 0.661. The summed E-state index contributed by atoms with van der Waals surface area (Å²) in [5, 5.41) is 6.52. The Labute approximate surface area is 131 Å². The van der Waals surface area contributed by atoms with E-state index in [-0.39, 0.29) is 0 Å². The lowest BCUT2D eigenvalue weighted by atomic mass is 10.2. The third kappa shape index (κ3) is 4.86. The van der Waals surface area contributed by atoms with Crippen molar-refractivity contribution in [1.29, 1.82) is 0 Å². The van der Waals surface area contributed by atoms with E-state index in [1.54, 1.807) is 13.2 Å². The number of benzene rings is 1. The van der Waals surface area contributed by atoms with Crippen LogP contribution in [0.1, 0.15) is 6.42 Å². The molecule has 22 heavy (non-hydrogen) atoms. The summed E-state index contributed by atoms with van der Waals surface area (Å²) in [4.78, 5) is 9.13. The molecule has 0 fully saturated rings. The molecule has 0 bridgehead atoms. The molecule has 0 unspecified atom stereocenters. The van der Waals surface area contributed by atoms with Gasteiger partial charge in [-0.3, -0.25) is 0 Å². The molecule has 0 amide bonds. The van der Waals surface area contributed by atoms with Gasteiger partial charge in [-0.15, -0.1) is 6.58 Å². The van der Waals surface area contributed by atoms with E-state index in [1.807, 2.05) is 36.4 Å². The first kappa shape index (κ1) is 16.0. The van der Waals surface area contributed by atoms with E-state index >= 15 is 0 Å². The highest BCUT2D eigenvalue weighted by atomic mass is 16.5. The highest BCUT2D eigenvalue weighted by Crippen LogP contribution is 2.20. The first-order valence-electron chi connectivity index (χ1n) is 7.35. The maximum atomic E-state index is 5.05. The number of hydrogen-bond acceptors (Lipinski definition) is 5. The predicted molar refractivity (Wildman–Crippen MR) is 91.1 cm³/mol. The van der Waals surface area contributed by atoms with E-state index in [0.717, 1.165) is 36.8 Å². The van der Waals surface area contributed by atoms with Crippen LogP contribution in [0.4, 0.5) is 11.6 Å². The van der Waals surface area contributed by atoms with Crippen molar-refractivity contribution in [3.63, 3.8) is 0 Å². The summed E-state index contributed by atoms with van der Waals surface area (Å²) in [7, 11) is 1.70. The van der Waals surface area contributed by atoms with E-state index in [0.29, 0.717) is 12.4 Å². The number of rotatable bonds is 9. The van der Waals surface area contributed by atoms with Gasteiger partial charge in [0.05, 0.1) is 0 Å². The Kier molecular flexibility index (Phi) is 6.39. The predicted octanol–water partition coefficient (Wildman–Crippen LogP) is 3.19. The van der Waals surface area contributed by atoms with Crippen molar-refractivity contribution in [2.75, 3.05) is 37.4 Å². The van der Waals surface area contributed by atoms with Crippen LogP contribution < -0.4 is 10.6 Å². The summed E-state index contributed by atoms with van der Waals surface area (Å²) in [5.74, 6) is 2.28. The van der Waals surface area contributed by atoms with Gasteiger partial charge >= 0.3 is 0 Å². The molecular formula is C17H22N4O. The number of anilines is 2. The van der Waals surface area contributed by atoms with Crippen LogP contribution in [0.25, 0.3) is 11.4 Å². The Morgan fingerprint density at radius 1 is 1.14 bits per heavy atom. The van der Waals surface area contributed by atoms with Crippen molar-refractivity contribution in [1.82, 2.24) is 9.97 Å². The SMILES string of the molecule is C=CCNc1cc(NCCCOC)nc(-c2ccccc2)n1. The summed E-state index contributed by atoms with van der Waals surface area (Å²) in [6.07, 6.45) is 2.73. The summed E-state index contributed by atoms with van der Waals surface area (Å²) >= 11 is 0. The van der Waals surface area contributed by atoms with Gasteiger partial charge in [0.15, 0.2) is 5.82 Å². The van der Waals surface area contributed by atoms with Gasteiger partial charge in [0.2, 0.25) is 0 Å². The fourth-order valence-corrected chi connectivity index (χ4v) is 1.95. The molecular weight excluding hydrogens is 276 g/mol. The van der Waals surface area contributed by atoms with E-state index in [2.05, 4.69) is 27.2 Å². The maximum absolute atomic E-state index is 5.05. The summed E-state index contributed by atoms with van der Waals surface area (Å²) in [6.45, 7) is 5.91. The van der Waals surface area contributed by atoms with Crippen molar-refractivity contribution < 1.29 is 4.74 Å². The van der Waals surface area contributed by atoms with Crippen molar-refractivity contribution in [2.24, 2.45) is 0 Å². The maximum Gasteiger partial charge on any atom is 0.163 e. The van der Waals surface area contributed by atoms with Crippen LogP contribution in [-0.4, -0.2) is 36.8 Å². The molecule has 0 saturated carbocycles. The van der Waals surface area contributed by atoms with Gasteiger partial charge in [-0.2, -0.15) is 0 Å². The van der Waals surface area contributed by atoms with Crippen molar-refractivity contribution in [2.45, 2.75) is 6.42 Å². The number of nitrogens with one attached hydrogen (secondary N) is 2. The minimum Gasteiger partial charge on any atom is -0.385 e. The molecule has 0 aliphatic heterocycles. The van der Waals surface area contributed by atoms with Gasteiger partial charge in [0, 0.05) is 38.4 Å². The Hall–Kier alpha value is -2.40. The lowest BCUT2D eigenvalue weighted by Crippen LogP contribution is -2.09. The number of methoxy groups -OCH3 is 1. The number of hydrogen-bond donors (Lipinski definition) is 2. The molecule has 5 heteroatoms. The van der Waals surface area contributed by atoms with E-state index < -0.39 is 0 Å². The van der Waals surface area contributed by atoms with Crippen LogP contribution in [0.15, 0.2) is 49.1 Å². The van der Waals surface area contributed by atoms with Gasteiger partial charge in [0.25, 0.3) is 0 Å². The Morgan fingerprint density at radius 2 is 1.86 bits per heavy atom. The number of nitrogens with zero attached hydrogens (tertiary/aromatic N) is 2. The molecule has 1 aromatic heterocycles. The van der Waals surface area contributed by atoms with Gasteiger partial charge < -0.3 is 15.4 Å². The lowest BCUT2D eigenvalue weighted by Gasteiger charge is -2.11. The zero-order valence-electron chi connectivity index (χ0n) is 12.9. The molecule has 0 atom stereocenters. The third-order valence-electron chi connectivity index (χ3n) is 3.02. The molecule has 5 nitrogen and oxygen atoms in total. The van der Waals surface area contributed by atoms with Crippen molar-refractivity contribution in [3.05, 3.63) is 49.1 Å². The molecule has 1 heterocycles. The van der Waals surface area contributed by atoms with Crippen LogP contribution in [0.3, 0.4) is 0 Å². The summed E-state index contributed by atoms with van der Waals surface area (Å²) < 4.78 is 5.05. The third-order valence-corrected chi connectivity index (χ3v) is 3.02. The second-order valence-electron chi connectivity index (χ2n) is 4.77. The van der Waals surface area contributed by atoms with Crippen LogP contribution in [0, 0.1) is 0 Å². The Balaban J connectivity index is 2.18. The normalized spacial score (nSPS) is 10.2. The molecule has 1 aromatic carbocycles. The molecule has 0 radical (unpaired) electrons. The van der Waals surface area contributed by atoms with E-state index in [1.165, 1.54) is 0 Å². The molecule has 0 saturated heterocycles. The quantitative estimate of drug-likeness (QED) is 0.550. The average Bonchev–Trinajstić information content (AvgIpc) is 2.57. The fraction of sp³-hybridized carbons (Fsp3) is 0.294.